The molecule has 0 aliphatic carbocycles. The molecule has 0 radical (unpaired) electrons. The number of nitrogens with zero attached hydrogens (tertiary/aromatic N) is 2. The molecule has 2 rings (SSSR count). The average Bonchev–Trinajstić information content (AvgIpc) is 2.52. The summed E-state index contributed by atoms with van der Waals surface area (Å²) in [6.07, 6.45) is 4.89. The van der Waals surface area contributed by atoms with Crippen molar-refractivity contribution in [3.05, 3.63) is 54.0 Å². The minimum absolute atomic E-state index is 0.192. The number of hydrogen-bond donors (Lipinski definition) is 2. The summed E-state index contributed by atoms with van der Waals surface area (Å²) in [7, 11) is 1.74. The van der Waals surface area contributed by atoms with E-state index in [2.05, 4.69) is 32.7 Å². The van der Waals surface area contributed by atoms with Crippen LogP contribution >= 0.6 is 0 Å². The zero-order chi connectivity index (χ0) is 14.2. The van der Waals surface area contributed by atoms with Crippen molar-refractivity contribution >= 4 is 11.7 Å². The minimum Gasteiger partial charge on any atom is -0.372 e. The van der Waals surface area contributed by atoms with Gasteiger partial charge in [-0.2, -0.15) is 0 Å². The van der Waals surface area contributed by atoms with E-state index in [0.717, 1.165) is 12.8 Å². The maximum Gasteiger partial charge on any atom is 0.271 e. The van der Waals surface area contributed by atoms with E-state index in [-0.39, 0.29) is 5.91 Å². The summed E-state index contributed by atoms with van der Waals surface area (Å²) in [6, 6.07) is 10.2. The van der Waals surface area contributed by atoms with E-state index in [4.69, 9.17) is 0 Å². The van der Waals surface area contributed by atoms with Crippen LogP contribution < -0.4 is 10.6 Å². The number of aryl methyl sites for hydroxylation is 1. The first kappa shape index (κ1) is 14.0. The van der Waals surface area contributed by atoms with Crippen molar-refractivity contribution in [2.45, 2.75) is 12.8 Å². The van der Waals surface area contributed by atoms with Crippen LogP contribution in [-0.4, -0.2) is 29.5 Å². The molecule has 0 fully saturated rings. The Hall–Kier alpha value is -2.43. The SMILES string of the molecule is CNc1cncc(C(=O)NCCCc2ccccc2)n1. The molecule has 2 N–H and O–H groups in total. The van der Waals surface area contributed by atoms with Gasteiger partial charge in [0.25, 0.3) is 5.91 Å². The van der Waals surface area contributed by atoms with E-state index in [9.17, 15) is 4.79 Å². The van der Waals surface area contributed by atoms with Crippen molar-refractivity contribution in [1.82, 2.24) is 15.3 Å². The quantitative estimate of drug-likeness (QED) is 0.787. The lowest BCUT2D eigenvalue weighted by Crippen LogP contribution is -2.26. The van der Waals surface area contributed by atoms with Crippen LogP contribution in [0, 0.1) is 0 Å². The van der Waals surface area contributed by atoms with E-state index < -0.39 is 0 Å². The number of amides is 1. The first-order chi connectivity index (χ1) is 9.79. The molecular weight excluding hydrogens is 252 g/mol. The Morgan fingerprint density at radius 3 is 2.75 bits per heavy atom. The summed E-state index contributed by atoms with van der Waals surface area (Å²) in [5.41, 5.74) is 1.61. The van der Waals surface area contributed by atoms with Gasteiger partial charge in [0.2, 0.25) is 0 Å². The van der Waals surface area contributed by atoms with E-state index in [1.165, 1.54) is 11.8 Å². The lowest BCUT2D eigenvalue weighted by atomic mass is 10.1. The fraction of sp³-hybridized carbons (Fsp3) is 0.267. The van der Waals surface area contributed by atoms with Crippen LogP contribution in [0.25, 0.3) is 0 Å². The van der Waals surface area contributed by atoms with E-state index in [1.54, 1.807) is 13.2 Å². The standard InChI is InChI=1S/C15H18N4O/c1-16-14-11-17-10-13(19-14)15(20)18-9-5-8-12-6-3-2-4-7-12/h2-4,6-7,10-11H,5,8-9H2,1H3,(H,16,19)(H,18,20). The highest BCUT2D eigenvalue weighted by Crippen LogP contribution is 2.03. The summed E-state index contributed by atoms with van der Waals surface area (Å²) in [6.45, 7) is 0.624. The third-order valence-corrected chi connectivity index (χ3v) is 2.89. The van der Waals surface area contributed by atoms with Gasteiger partial charge < -0.3 is 10.6 Å². The molecule has 0 saturated carbocycles. The van der Waals surface area contributed by atoms with Crippen molar-refractivity contribution in [3.8, 4) is 0 Å². The second-order valence-electron chi connectivity index (χ2n) is 4.38. The first-order valence-corrected chi connectivity index (χ1v) is 6.61. The van der Waals surface area contributed by atoms with Gasteiger partial charge in [0.05, 0.1) is 12.4 Å². The third kappa shape index (κ3) is 4.05. The summed E-state index contributed by atoms with van der Waals surface area (Å²) in [4.78, 5) is 20.0. The number of anilines is 1. The maximum absolute atomic E-state index is 11.9. The lowest BCUT2D eigenvalue weighted by molar-refractivity contribution is 0.0948. The Balaban J connectivity index is 1.77. The fourth-order valence-corrected chi connectivity index (χ4v) is 1.83. The van der Waals surface area contributed by atoms with Crippen LogP contribution in [0.5, 0.6) is 0 Å². The van der Waals surface area contributed by atoms with Gasteiger partial charge in [0, 0.05) is 13.6 Å². The maximum atomic E-state index is 11.9. The molecule has 1 amide bonds. The molecule has 0 aliphatic rings. The molecule has 5 heteroatoms. The fourth-order valence-electron chi connectivity index (χ4n) is 1.83. The van der Waals surface area contributed by atoms with Gasteiger partial charge in [0.1, 0.15) is 11.5 Å². The molecule has 0 saturated heterocycles. The van der Waals surface area contributed by atoms with Gasteiger partial charge in [-0.1, -0.05) is 30.3 Å². The van der Waals surface area contributed by atoms with Crippen LogP contribution in [0.15, 0.2) is 42.7 Å². The van der Waals surface area contributed by atoms with Crippen molar-refractivity contribution in [2.75, 3.05) is 18.9 Å². The van der Waals surface area contributed by atoms with Crippen LogP contribution in [0.2, 0.25) is 0 Å². The van der Waals surface area contributed by atoms with E-state index in [0.29, 0.717) is 18.1 Å². The van der Waals surface area contributed by atoms with Gasteiger partial charge in [-0.15, -0.1) is 0 Å². The topological polar surface area (TPSA) is 66.9 Å². The van der Waals surface area contributed by atoms with Crippen molar-refractivity contribution < 1.29 is 4.79 Å². The second kappa shape index (κ2) is 7.23. The zero-order valence-corrected chi connectivity index (χ0v) is 11.5. The highest BCUT2D eigenvalue weighted by Gasteiger charge is 2.07. The van der Waals surface area contributed by atoms with Crippen molar-refractivity contribution in [2.24, 2.45) is 0 Å². The Labute approximate surface area is 118 Å². The zero-order valence-electron chi connectivity index (χ0n) is 11.5. The summed E-state index contributed by atoms with van der Waals surface area (Å²) in [5, 5.41) is 5.71. The third-order valence-electron chi connectivity index (χ3n) is 2.89. The number of carbonyl (C=O) groups is 1. The van der Waals surface area contributed by atoms with Crippen LogP contribution in [0.3, 0.4) is 0 Å². The largest absolute Gasteiger partial charge is 0.372 e. The molecule has 20 heavy (non-hydrogen) atoms. The smallest absolute Gasteiger partial charge is 0.271 e. The molecule has 104 valence electrons. The average molecular weight is 270 g/mol. The van der Waals surface area contributed by atoms with Crippen LogP contribution in [-0.2, 0) is 6.42 Å². The Kier molecular flexibility index (Phi) is 5.06. The number of nitrogens with one attached hydrogen (secondary N) is 2. The normalized spacial score (nSPS) is 10.1. The molecule has 1 heterocycles. The number of hydrogen-bond acceptors (Lipinski definition) is 4. The van der Waals surface area contributed by atoms with E-state index in [1.807, 2.05) is 18.2 Å². The molecule has 0 atom stereocenters. The summed E-state index contributed by atoms with van der Waals surface area (Å²) < 4.78 is 0. The number of rotatable bonds is 6. The van der Waals surface area contributed by atoms with Gasteiger partial charge in [-0.3, -0.25) is 9.78 Å². The van der Waals surface area contributed by atoms with Crippen molar-refractivity contribution in [1.29, 1.82) is 0 Å². The molecule has 1 aromatic carbocycles. The molecular formula is C15H18N4O. The molecule has 0 aliphatic heterocycles. The highest BCUT2D eigenvalue weighted by molar-refractivity contribution is 5.92. The predicted molar refractivity (Wildman–Crippen MR) is 78.7 cm³/mol. The first-order valence-electron chi connectivity index (χ1n) is 6.61. The summed E-state index contributed by atoms with van der Waals surface area (Å²) in [5.74, 6) is 0.393. The van der Waals surface area contributed by atoms with E-state index >= 15 is 0 Å². The Morgan fingerprint density at radius 1 is 1.20 bits per heavy atom. The molecule has 0 bridgehead atoms. The molecule has 2 aromatic rings. The molecule has 1 aromatic heterocycles. The number of benzene rings is 1. The Bertz CT molecular complexity index is 557. The van der Waals surface area contributed by atoms with Crippen LogP contribution in [0.4, 0.5) is 5.82 Å². The lowest BCUT2D eigenvalue weighted by Gasteiger charge is -2.06. The van der Waals surface area contributed by atoms with Gasteiger partial charge in [0.15, 0.2) is 0 Å². The number of carbonyl (C=O) groups excluding carboxylic acids is 1. The predicted octanol–water partition coefficient (Wildman–Crippen LogP) is 1.88. The molecule has 5 nitrogen and oxygen atoms in total. The second-order valence-corrected chi connectivity index (χ2v) is 4.38. The van der Waals surface area contributed by atoms with Gasteiger partial charge >= 0.3 is 0 Å². The van der Waals surface area contributed by atoms with Gasteiger partial charge in [-0.25, -0.2) is 4.98 Å². The monoisotopic (exact) mass is 270 g/mol. The highest BCUT2D eigenvalue weighted by atomic mass is 16.1. The number of aromatic nitrogens is 2. The minimum atomic E-state index is -0.192. The van der Waals surface area contributed by atoms with Gasteiger partial charge in [-0.05, 0) is 18.4 Å². The van der Waals surface area contributed by atoms with Crippen LogP contribution in [0.1, 0.15) is 22.5 Å². The molecule has 0 spiro atoms. The molecule has 0 unspecified atom stereocenters. The Morgan fingerprint density at radius 2 is 2.00 bits per heavy atom. The van der Waals surface area contributed by atoms with Crippen molar-refractivity contribution in [3.63, 3.8) is 0 Å². The summed E-state index contributed by atoms with van der Waals surface area (Å²) >= 11 is 0.